The summed E-state index contributed by atoms with van der Waals surface area (Å²) in [5.74, 6) is -0.401. The molecule has 3 aromatic rings. The summed E-state index contributed by atoms with van der Waals surface area (Å²) in [5.41, 5.74) is 3.88. The number of rotatable bonds is 4. The van der Waals surface area contributed by atoms with Crippen molar-refractivity contribution in [2.45, 2.75) is 13.8 Å². The van der Waals surface area contributed by atoms with Crippen molar-refractivity contribution in [1.82, 2.24) is 9.78 Å². The third kappa shape index (κ3) is 3.15. The summed E-state index contributed by atoms with van der Waals surface area (Å²) in [4.78, 5) is 12.5. The van der Waals surface area contributed by atoms with Crippen LogP contribution in [-0.4, -0.2) is 22.4 Å². The van der Waals surface area contributed by atoms with E-state index in [2.05, 4.69) is 11.2 Å². The summed E-state index contributed by atoms with van der Waals surface area (Å²) in [6, 6.07) is 18.7. The van der Waals surface area contributed by atoms with Gasteiger partial charge in [-0.05, 0) is 38.1 Å². The zero-order chi connectivity index (χ0) is 17.8. The van der Waals surface area contributed by atoms with Gasteiger partial charge in [-0.1, -0.05) is 30.3 Å². The Morgan fingerprint density at radius 1 is 1.16 bits per heavy atom. The van der Waals surface area contributed by atoms with Gasteiger partial charge in [0, 0.05) is 5.56 Å². The van der Waals surface area contributed by atoms with E-state index in [-0.39, 0.29) is 0 Å². The topological polar surface area (TPSA) is 67.9 Å². The van der Waals surface area contributed by atoms with E-state index in [9.17, 15) is 4.79 Å². The van der Waals surface area contributed by atoms with Gasteiger partial charge in [-0.3, -0.25) is 0 Å². The smallest absolute Gasteiger partial charge is 0.342 e. The first kappa shape index (κ1) is 16.5. The molecule has 25 heavy (non-hydrogen) atoms. The Hall–Kier alpha value is -3.39. The number of ether oxygens (including phenoxy) is 1. The zero-order valence-electron chi connectivity index (χ0n) is 14.1. The number of benzene rings is 2. The van der Waals surface area contributed by atoms with E-state index in [0.29, 0.717) is 29.1 Å². The molecule has 0 radical (unpaired) electrons. The van der Waals surface area contributed by atoms with Crippen LogP contribution in [-0.2, 0) is 4.74 Å². The van der Waals surface area contributed by atoms with Gasteiger partial charge >= 0.3 is 5.97 Å². The number of aromatic nitrogens is 2. The van der Waals surface area contributed by atoms with Gasteiger partial charge in [-0.2, -0.15) is 10.4 Å². The fourth-order valence-electron chi connectivity index (χ4n) is 2.68. The van der Waals surface area contributed by atoms with Crippen molar-refractivity contribution in [2.24, 2.45) is 0 Å². The average molecular weight is 331 g/mol. The second kappa shape index (κ2) is 7.02. The second-order valence-corrected chi connectivity index (χ2v) is 5.47. The molecule has 0 unspecified atom stereocenters. The minimum atomic E-state index is -0.401. The van der Waals surface area contributed by atoms with Gasteiger partial charge in [0.1, 0.15) is 11.3 Å². The Balaban J connectivity index is 2.18. The molecule has 0 saturated carbocycles. The van der Waals surface area contributed by atoms with Gasteiger partial charge in [-0.25, -0.2) is 9.48 Å². The molecule has 0 spiro atoms. The van der Waals surface area contributed by atoms with Crippen LogP contribution < -0.4 is 0 Å². The molecule has 1 heterocycles. The van der Waals surface area contributed by atoms with Crippen LogP contribution in [0.3, 0.4) is 0 Å². The van der Waals surface area contributed by atoms with E-state index in [1.165, 1.54) is 0 Å². The molecule has 0 aliphatic rings. The van der Waals surface area contributed by atoms with Crippen molar-refractivity contribution < 1.29 is 9.53 Å². The number of esters is 1. The summed E-state index contributed by atoms with van der Waals surface area (Å²) < 4.78 is 6.96. The summed E-state index contributed by atoms with van der Waals surface area (Å²) >= 11 is 0. The normalized spacial score (nSPS) is 10.3. The molecule has 5 heteroatoms. The maximum absolute atomic E-state index is 12.5. The highest BCUT2D eigenvalue weighted by molar-refractivity contribution is 5.97. The van der Waals surface area contributed by atoms with Crippen molar-refractivity contribution in [3.05, 3.63) is 71.4 Å². The molecule has 5 nitrogen and oxygen atoms in total. The van der Waals surface area contributed by atoms with Gasteiger partial charge in [0.15, 0.2) is 0 Å². The largest absolute Gasteiger partial charge is 0.462 e. The number of hydrogen-bond donors (Lipinski definition) is 0. The molecule has 0 saturated heterocycles. The number of carbonyl (C=O) groups excluding carboxylic acids is 1. The molecule has 0 N–H and O–H groups in total. The summed E-state index contributed by atoms with van der Waals surface area (Å²) in [6.07, 6.45) is 0. The molecule has 0 amide bonds. The number of hydrogen-bond acceptors (Lipinski definition) is 4. The van der Waals surface area contributed by atoms with Crippen molar-refractivity contribution in [3.63, 3.8) is 0 Å². The third-order valence-corrected chi connectivity index (χ3v) is 3.88. The minimum Gasteiger partial charge on any atom is -0.462 e. The van der Waals surface area contributed by atoms with E-state index in [1.54, 1.807) is 35.9 Å². The van der Waals surface area contributed by atoms with Crippen LogP contribution in [0.25, 0.3) is 16.9 Å². The quantitative estimate of drug-likeness (QED) is 0.680. The highest BCUT2D eigenvalue weighted by Gasteiger charge is 2.24. The number of carbonyl (C=O) groups is 1. The highest BCUT2D eigenvalue weighted by atomic mass is 16.5. The van der Waals surface area contributed by atoms with E-state index in [1.807, 2.05) is 37.3 Å². The van der Waals surface area contributed by atoms with Crippen LogP contribution in [0.4, 0.5) is 0 Å². The van der Waals surface area contributed by atoms with E-state index in [4.69, 9.17) is 10.00 Å². The van der Waals surface area contributed by atoms with Gasteiger partial charge in [0.05, 0.1) is 29.6 Å². The standard InChI is InChI=1S/C20H17N3O2/c1-3-25-20(24)18-14(2)23(17-7-5-4-6-8-17)22-19(18)16-11-9-15(13-21)10-12-16/h4-12H,3H2,1-2H3. The number of nitriles is 1. The maximum atomic E-state index is 12.5. The number of para-hydroxylation sites is 1. The molecule has 0 aliphatic carbocycles. The van der Waals surface area contributed by atoms with E-state index in [0.717, 1.165) is 11.3 Å². The van der Waals surface area contributed by atoms with Crippen LogP contribution in [0.5, 0.6) is 0 Å². The molecular formula is C20H17N3O2. The van der Waals surface area contributed by atoms with Crippen LogP contribution in [0.2, 0.25) is 0 Å². The maximum Gasteiger partial charge on any atom is 0.342 e. The summed E-state index contributed by atoms with van der Waals surface area (Å²) in [7, 11) is 0. The molecule has 0 bridgehead atoms. The Kier molecular flexibility index (Phi) is 4.62. The van der Waals surface area contributed by atoms with Gasteiger partial charge < -0.3 is 4.74 Å². The van der Waals surface area contributed by atoms with Gasteiger partial charge in [0.25, 0.3) is 0 Å². The third-order valence-electron chi connectivity index (χ3n) is 3.88. The lowest BCUT2D eigenvalue weighted by molar-refractivity contribution is 0.0526. The van der Waals surface area contributed by atoms with Crippen molar-refractivity contribution in [2.75, 3.05) is 6.61 Å². The Labute approximate surface area is 146 Å². The average Bonchev–Trinajstić information content (AvgIpc) is 3.00. The predicted molar refractivity (Wildman–Crippen MR) is 94.4 cm³/mol. The van der Waals surface area contributed by atoms with Crippen LogP contribution in [0, 0.1) is 18.3 Å². The first-order chi connectivity index (χ1) is 12.2. The van der Waals surface area contributed by atoms with Crippen LogP contribution in [0.15, 0.2) is 54.6 Å². The van der Waals surface area contributed by atoms with E-state index < -0.39 is 5.97 Å². The molecular weight excluding hydrogens is 314 g/mol. The fourth-order valence-corrected chi connectivity index (χ4v) is 2.68. The molecule has 0 atom stereocenters. The van der Waals surface area contributed by atoms with Crippen molar-refractivity contribution in [1.29, 1.82) is 5.26 Å². The lowest BCUT2D eigenvalue weighted by Crippen LogP contribution is -2.07. The molecule has 0 aliphatic heterocycles. The van der Waals surface area contributed by atoms with Crippen LogP contribution in [0.1, 0.15) is 28.5 Å². The fraction of sp³-hybridized carbons (Fsp3) is 0.150. The Morgan fingerprint density at radius 3 is 2.44 bits per heavy atom. The Bertz CT molecular complexity index is 936. The zero-order valence-corrected chi connectivity index (χ0v) is 14.1. The molecule has 1 aromatic heterocycles. The van der Waals surface area contributed by atoms with Gasteiger partial charge in [-0.15, -0.1) is 0 Å². The first-order valence-electron chi connectivity index (χ1n) is 7.98. The SMILES string of the molecule is CCOC(=O)c1c(-c2ccc(C#N)cc2)nn(-c2ccccc2)c1C. The summed E-state index contributed by atoms with van der Waals surface area (Å²) in [6.45, 7) is 3.91. The number of nitrogens with zero attached hydrogens (tertiary/aromatic N) is 3. The van der Waals surface area contributed by atoms with Crippen LogP contribution >= 0.6 is 0 Å². The van der Waals surface area contributed by atoms with Crippen molar-refractivity contribution in [3.8, 4) is 23.0 Å². The Morgan fingerprint density at radius 2 is 1.84 bits per heavy atom. The monoisotopic (exact) mass is 331 g/mol. The molecule has 2 aromatic carbocycles. The predicted octanol–water partition coefficient (Wildman–Crippen LogP) is 3.90. The lowest BCUT2D eigenvalue weighted by Gasteiger charge is -2.05. The minimum absolute atomic E-state index is 0.293. The summed E-state index contributed by atoms with van der Waals surface area (Å²) in [5, 5.41) is 13.6. The van der Waals surface area contributed by atoms with E-state index >= 15 is 0 Å². The van der Waals surface area contributed by atoms with Gasteiger partial charge in [0.2, 0.25) is 0 Å². The molecule has 3 rings (SSSR count). The highest BCUT2D eigenvalue weighted by Crippen LogP contribution is 2.28. The second-order valence-electron chi connectivity index (χ2n) is 5.47. The van der Waals surface area contributed by atoms with Crippen molar-refractivity contribution >= 4 is 5.97 Å². The lowest BCUT2D eigenvalue weighted by atomic mass is 10.0. The molecule has 124 valence electrons. The molecule has 0 fully saturated rings. The first-order valence-corrected chi connectivity index (χ1v) is 7.98.